The number of imidazole rings is 1. The Bertz CT molecular complexity index is 880. The number of carbonyl (C=O) groups is 1. The predicted octanol–water partition coefficient (Wildman–Crippen LogP) is 3.96. The first-order valence-electron chi connectivity index (χ1n) is 8.72. The molecule has 3 heterocycles. The zero-order valence-corrected chi connectivity index (χ0v) is 14.7. The molecule has 0 bridgehead atoms. The largest absolute Gasteiger partial charge is 0.506 e. The van der Waals surface area contributed by atoms with Gasteiger partial charge < -0.3 is 15.4 Å². The Morgan fingerprint density at radius 1 is 1.28 bits per heavy atom. The number of rotatable bonds is 5. The average Bonchev–Trinajstić information content (AvgIpc) is 3.30. The Labute approximate surface area is 150 Å². The van der Waals surface area contributed by atoms with E-state index < -0.39 is 0 Å². The number of aromatic amines is 1. The van der Waals surface area contributed by atoms with Gasteiger partial charge in [0.1, 0.15) is 22.6 Å². The molecule has 1 fully saturated rings. The first-order valence-corrected chi connectivity index (χ1v) is 9.60. The van der Waals surface area contributed by atoms with Crippen LogP contribution in [-0.2, 0) is 0 Å². The quantitative estimate of drug-likeness (QED) is 0.605. The van der Waals surface area contributed by atoms with Gasteiger partial charge in [-0.1, -0.05) is 6.07 Å². The molecule has 1 saturated heterocycles. The van der Waals surface area contributed by atoms with Crippen LogP contribution < -0.4 is 5.32 Å². The summed E-state index contributed by atoms with van der Waals surface area (Å²) in [6, 6.07) is 7.20. The van der Waals surface area contributed by atoms with Crippen molar-refractivity contribution in [1.82, 2.24) is 15.3 Å². The van der Waals surface area contributed by atoms with Gasteiger partial charge in [0.2, 0.25) is 0 Å². The van der Waals surface area contributed by atoms with Crippen LogP contribution in [0.25, 0.3) is 21.7 Å². The first-order chi connectivity index (χ1) is 12.2. The van der Waals surface area contributed by atoms with E-state index in [0.717, 1.165) is 37.2 Å². The summed E-state index contributed by atoms with van der Waals surface area (Å²) in [6.45, 7) is 2.09. The number of aromatic hydroxyl groups is 1. The van der Waals surface area contributed by atoms with Gasteiger partial charge in [0.15, 0.2) is 5.78 Å². The Kier molecular flexibility index (Phi) is 4.55. The third kappa shape index (κ3) is 3.32. The predicted molar refractivity (Wildman–Crippen MR) is 100 cm³/mol. The number of hydrogen-bond acceptors (Lipinski definition) is 5. The van der Waals surface area contributed by atoms with E-state index in [1.807, 2.05) is 17.5 Å². The number of nitrogens with zero attached hydrogens (tertiary/aromatic N) is 1. The Balaban J connectivity index is 1.60. The topological polar surface area (TPSA) is 78.0 Å². The van der Waals surface area contributed by atoms with Gasteiger partial charge in [-0.15, -0.1) is 11.3 Å². The molecule has 0 saturated carbocycles. The van der Waals surface area contributed by atoms with Crippen LogP contribution in [0.1, 0.15) is 36.0 Å². The zero-order chi connectivity index (χ0) is 17.2. The number of hydrogen-bond donors (Lipinski definition) is 3. The molecule has 0 radical (unpaired) electrons. The van der Waals surface area contributed by atoms with Crippen molar-refractivity contribution in [1.29, 1.82) is 0 Å². The van der Waals surface area contributed by atoms with Crippen LogP contribution in [0.4, 0.5) is 0 Å². The summed E-state index contributed by atoms with van der Waals surface area (Å²) in [5, 5.41) is 15.5. The molecule has 4 rings (SSSR count). The number of H-pyrrole nitrogens is 1. The molecule has 6 heteroatoms. The number of fused-ring (bicyclic) bond motifs is 1. The fourth-order valence-corrected chi connectivity index (χ4v) is 4.14. The summed E-state index contributed by atoms with van der Waals surface area (Å²) >= 11 is 1.57. The molecular weight excluding hydrogens is 334 g/mol. The second-order valence-corrected chi connectivity index (χ2v) is 7.52. The van der Waals surface area contributed by atoms with Crippen LogP contribution >= 0.6 is 11.3 Å². The molecule has 3 aromatic rings. The van der Waals surface area contributed by atoms with Crippen LogP contribution in [0.3, 0.4) is 0 Å². The Morgan fingerprint density at radius 2 is 2.12 bits per heavy atom. The number of nitrogens with one attached hydrogen (secondary N) is 2. The number of benzene rings is 1. The van der Waals surface area contributed by atoms with Crippen molar-refractivity contribution >= 4 is 28.2 Å². The van der Waals surface area contributed by atoms with Crippen molar-refractivity contribution in [2.75, 3.05) is 13.1 Å². The minimum absolute atomic E-state index is 0.104. The Hall–Kier alpha value is -2.18. The standard InChI is InChI=1S/C19H21N3O2S/c23-14(5-3-12-7-9-20-10-8-12)13-4-6-15(24)18-17(13)21-19(22-18)16-2-1-11-25-16/h1-2,4,6,11-12,20,24H,3,5,7-10H2,(H,21,22). The van der Waals surface area contributed by atoms with Crippen molar-refractivity contribution < 1.29 is 9.90 Å². The summed E-state index contributed by atoms with van der Waals surface area (Å²) in [5.74, 6) is 1.55. The molecule has 1 aliphatic heterocycles. The van der Waals surface area contributed by atoms with Gasteiger partial charge in [0, 0.05) is 12.0 Å². The average molecular weight is 355 g/mol. The second-order valence-electron chi connectivity index (χ2n) is 6.57. The maximum absolute atomic E-state index is 12.8. The number of thiophene rings is 1. The highest BCUT2D eigenvalue weighted by molar-refractivity contribution is 7.13. The van der Waals surface area contributed by atoms with E-state index in [4.69, 9.17) is 0 Å². The van der Waals surface area contributed by atoms with Gasteiger partial charge in [-0.3, -0.25) is 4.79 Å². The second kappa shape index (κ2) is 6.98. The molecule has 2 aromatic heterocycles. The number of ketones is 1. The van der Waals surface area contributed by atoms with E-state index in [1.54, 1.807) is 23.5 Å². The smallest absolute Gasteiger partial charge is 0.165 e. The number of aromatic nitrogens is 2. The summed E-state index contributed by atoms with van der Waals surface area (Å²) in [5.41, 5.74) is 1.70. The molecule has 130 valence electrons. The molecule has 25 heavy (non-hydrogen) atoms. The summed E-state index contributed by atoms with van der Waals surface area (Å²) in [4.78, 5) is 21.5. The van der Waals surface area contributed by atoms with Gasteiger partial charge in [0.05, 0.1) is 4.88 Å². The summed E-state index contributed by atoms with van der Waals surface area (Å²) < 4.78 is 0. The maximum Gasteiger partial charge on any atom is 0.165 e. The van der Waals surface area contributed by atoms with Crippen molar-refractivity contribution in [3.63, 3.8) is 0 Å². The SMILES string of the molecule is O=C(CCC1CCNCC1)c1ccc(O)c2[nH]c(-c3cccs3)nc12. The van der Waals surface area contributed by atoms with Gasteiger partial charge in [0.25, 0.3) is 0 Å². The maximum atomic E-state index is 12.8. The monoisotopic (exact) mass is 355 g/mol. The highest BCUT2D eigenvalue weighted by atomic mass is 32.1. The molecular formula is C19H21N3O2S. The number of carbonyl (C=O) groups excluding carboxylic acids is 1. The van der Waals surface area contributed by atoms with E-state index >= 15 is 0 Å². The first kappa shape index (κ1) is 16.3. The van der Waals surface area contributed by atoms with E-state index in [2.05, 4.69) is 15.3 Å². The third-order valence-corrected chi connectivity index (χ3v) is 5.79. The fourth-order valence-electron chi connectivity index (χ4n) is 3.47. The number of phenols is 1. The number of phenolic OH excluding ortho intramolecular Hbond substituents is 1. The van der Waals surface area contributed by atoms with Crippen LogP contribution in [0.5, 0.6) is 5.75 Å². The molecule has 0 unspecified atom stereocenters. The lowest BCUT2D eigenvalue weighted by Gasteiger charge is -2.22. The van der Waals surface area contributed by atoms with Crippen LogP contribution in [0.15, 0.2) is 29.6 Å². The fraction of sp³-hybridized carbons (Fsp3) is 0.368. The normalized spacial score (nSPS) is 15.7. The lowest BCUT2D eigenvalue weighted by molar-refractivity contribution is 0.0972. The van der Waals surface area contributed by atoms with Crippen LogP contribution in [-0.4, -0.2) is 33.9 Å². The summed E-state index contributed by atoms with van der Waals surface area (Å²) in [6.07, 6.45) is 3.74. The lowest BCUT2D eigenvalue weighted by atomic mass is 9.91. The molecule has 0 atom stereocenters. The molecule has 0 spiro atoms. The highest BCUT2D eigenvalue weighted by Crippen LogP contribution is 2.31. The lowest BCUT2D eigenvalue weighted by Crippen LogP contribution is -2.28. The van der Waals surface area contributed by atoms with E-state index in [0.29, 0.717) is 34.8 Å². The van der Waals surface area contributed by atoms with Gasteiger partial charge >= 0.3 is 0 Å². The molecule has 0 amide bonds. The summed E-state index contributed by atoms with van der Waals surface area (Å²) in [7, 11) is 0. The third-order valence-electron chi connectivity index (χ3n) is 4.92. The van der Waals surface area contributed by atoms with Gasteiger partial charge in [-0.2, -0.15) is 0 Å². The molecule has 0 aliphatic carbocycles. The van der Waals surface area contributed by atoms with Crippen molar-refractivity contribution in [2.45, 2.75) is 25.7 Å². The van der Waals surface area contributed by atoms with Gasteiger partial charge in [-0.25, -0.2) is 4.98 Å². The van der Waals surface area contributed by atoms with E-state index in [1.165, 1.54) is 0 Å². The van der Waals surface area contributed by atoms with Crippen molar-refractivity contribution in [3.8, 4) is 16.5 Å². The minimum Gasteiger partial charge on any atom is -0.506 e. The minimum atomic E-state index is 0.104. The number of Topliss-reactive ketones (excluding diaryl/α,β-unsaturated/α-hetero) is 1. The van der Waals surface area contributed by atoms with E-state index in [9.17, 15) is 9.90 Å². The molecule has 1 aromatic carbocycles. The van der Waals surface area contributed by atoms with Crippen molar-refractivity contribution in [2.24, 2.45) is 5.92 Å². The van der Waals surface area contributed by atoms with E-state index in [-0.39, 0.29) is 11.5 Å². The molecule has 5 nitrogen and oxygen atoms in total. The highest BCUT2D eigenvalue weighted by Gasteiger charge is 2.19. The zero-order valence-electron chi connectivity index (χ0n) is 13.9. The number of piperidine rings is 1. The van der Waals surface area contributed by atoms with Crippen LogP contribution in [0.2, 0.25) is 0 Å². The molecule has 3 N–H and O–H groups in total. The van der Waals surface area contributed by atoms with Crippen molar-refractivity contribution in [3.05, 3.63) is 35.2 Å². The van der Waals surface area contributed by atoms with Gasteiger partial charge in [-0.05, 0) is 61.8 Å². The van der Waals surface area contributed by atoms with Crippen LogP contribution in [0, 0.1) is 5.92 Å². The Morgan fingerprint density at radius 3 is 2.88 bits per heavy atom. The molecule has 1 aliphatic rings.